The second-order valence-corrected chi connectivity index (χ2v) is 10.4. The molecule has 38 heavy (non-hydrogen) atoms. The molecule has 0 saturated carbocycles. The van der Waals surface area contributed by atoms with E-state index in [4.69, 9.17) is 37.7 Å². The highest BCUT2D eigenvalue weighted by Gasteiger charge is 2.26. The summed E-state index contributed by atoms with van der Waals surface area (Å²) in [6, 6.07) is 14.0. The van der Waals surface area contributed by atoms with Crippen LogP contribution in [0.15, 0.2) is 76.9 Å². The summed E-state index contributed by atoms with van der Waals surface area (Å²) in [6.45, 7) is 4.02. The smallest absolute Gasteiger partial charge is 0.422 e. The number of benzene rings is 2. The zero-order valence-electron chi connectivity index (χ0n) is 20.3. The van der Waals surface area contributed by atoms with Gasteiger partial charge in [0.15, 0.2) is 6.10 Å². The molecule has 0 saturated heterocycles. The third kappa shape index (κ3) is 7.25. The number of ether oxygens (including phenoxy) is 2. The highest BCUT2D eigenvalue weighted by atomic mass is 35.5. The van der Waals surface area contributed by atoms with Crippen molar-refractivity contribution in [2.24, 2.45) is 0 Å². The summed E-state index contributed by atoms with van der Waals surface area (Å²) in [6.07, 6.45) is 1.80. The van der Waals surface area contributed by atoms with Crippen molar-refractivity contribution in [3.63, 3.8) is 0 Å². The quantitative estimate of drug-likeness (QED) is 0.0932. The van der Waals surface area contributed by atoms with Crippen molar-refractivity contribution in [1.29, 1.82) is 0 Å². The number of aromatic nitrogens is 3. The van der Waals surface area contributed by atoms with Gasteiger partial charge in [0.05, 0.1) is 10.6 Å². The fourth-order valence-electron chi connectivity index (χ4n) is 3.52. The number of H-pyrrole nitrogens is 1. The number of rotatable bonds is 9. The van der Waals surface area contributed by atoms with Crippen LogP contribution >= 0.6 is 35.0 Å². The largest absolute Gasteiger partial charge is 0.514 e. The fourth-order valence-corrected chi connectivity index (χ4v) is 5.32. The lowest BCUT2D eigenvalue weighted by Crippen LogP contribution is -2.18. The Morgan fingerprint density at radius 2 is 1.74 bits per heavy atom. The molecule has 0 fully saturated rings. The minimum Gasteiger partial charge on any atom is -0.422 e. The summed E-state index contributed by atoms with van der Waals surface area (Å²) in [5, 5.41) is 12.7. The number of imidazole rings is 1. The van der Waals surface area contributed by atoms with Crippen molar-refractivity contribution in [3.8, 4) is 5.75 Å². The van der Waals surface area contributed by atoms with Crippen molar-refractivity contribution < 1.29 is 19.2 Å². The fraction of sp³-hybridized carbons (Fsp3) is 0.192. The van der Waals surface area contributed by atoms with Gasteiger partial charge in [0.25, 0.3) is 5.69 Å². The molecule has 4 rings (SSSR count). The van der Waals surface area contributed by atoms with E-state index in [0.717, 1.165) is 21.2 Å². The van der Waals surface area contributed by atoms with Crippen LogP contribution < -0.4 is 4.74 Å². The number of carbonyl (C=O) groups is 1. The molecule has 12 heteroatoms. The maximum Gasteiger partial charge on any atom is 0.514 e. The van der Waals surface area contributed by atoms with Crippen molar-refractivity contribution in [3.05, 3.63) is 104 Å². The van der Waals surface area contributed by atoms with Crippen molar-refractivity contribution in [2.45, 2.75) is 42.2 Å². The number of hydrogen-bond donors (Lipinski definition) is 1. The minimum atomic E-state index is -0.976. The summed E-state index contributed by atoms with van der Waals surface area (Å²) < 4.78 is 11.0. The van der Waals surface area contributed by atoms with Gasteiger partial charge in [-0.25, -0.2) is 9.78 Å². The van der Waals surface area contributed by atoms with Gasteiger partial charge in [-0.05, 0) is 53.9 Å². The SMILES string of the molecule is CC(C)c1nc(C(Cc2ccncc2)OC(=O)Oc2ccc([N+](=O)[O-])cc2)[nH]c1Sc1cc(Cl)cc(Cl)c1. The van der Waals surface area contributed by atoms with E-state index in [9.17, 15) is 14.9 Å². The second-order valence-electron chi connectivity index (χ2n) is 8.47. The first-order chi connectivity index (χ1) is 18.2. The first-order valence-corrected chi connectivity index (χ1v) is 13.0. The van der Waals surface area contributed by atoms with Gasteiger partial charge in [-0.1, -0.05) is 48.8 Å². The number of aromatic amines is 1. The molecule has 2 aromatic carbocycles. The van der Waals surface area contributed by atoms with Crippen LogP contribution in [0.1, 0.15) is 43.0 Å². The third-order valence-electron chi connectivity index (χ3n) is 5.28. The third-order valence-corrected chi connectivity index (χ3v) is 6.70. The monoisotopic (exact) mass is 572 g/mol. The van der Waals surface area contributed by atoms with Crippen molar-refractivity contribution in [2.75, 3.05) is 0 Å². The number of halogens is 2. The first kappa shape index (κ1) is 27.4. The van der Waals surface area contributed by atoms with Crippen LogP contribution in [0.2, 0.25) is 10.0 Å². The number of nitro groups is 1. The molecule has 0 amide bonds. The average molecular weight is 573 g/mol. The Bertz CT molecular complexity index is 1410. The van der Waals surface area contributed by atoms with E-state index >= 15 is 0 Å². The Labute approximate surface area is 232 Å². The van der Waals surface area contributed by atoms with Crippen LogP contribution in [0.25, 0.3) is 0 Å². The molecule has 0 aliphatic carbocycles. The van der Waals surface area contributed by atoms with Crippen LogP contribution in [0.3, 0.4) is 0 Å². The van der Waals surface area contributed by atoms with E-state index in [1.54, 1.807) is 30.6 Å². The minimum absolute atomic E-state index is 0.0609. The molecular formula is C26H22Cl2N4O5S. The van der Waals surface area contributed by atoms with Gasteiger partial charge in [0.1, 0.15) is 16.6 Å². The molecule has 0 bridgehead atoms. The Hall–Kier alpha value is -3.60. The van der Waals surface area contributed by atoms with Crippen LogP contribution in [-0.2, 0) is 11.2 Å². The van der Waals surface area contributed by atoms with Gasteiger partial charge < -0.3 is 14.5 Å². The maximum absolute atomic E-state index is 12.7. The zero-order chi connectivity index (χ0) is 27.2. The van der Waals surface area contributed by atoms with E-state index in [1.165, 1.54) is 36.0 Å². The van der Waals surface area contributed by atoms with Gasteiger partial charge in [0, 0.05) is 45.9 Å². The molecule has 1 unspecified atom stereocenters. The molecule has 9 nitrogen and oxygen atoms in total. The predicted octanol–water partition coefficient (Wildman–Crippen LogP) is 7.79. The first-order valence-electron chi connectivity index (χ1n) is 11.4. The lowest BCUT2D eigenvalue weighted by molar-refractivity contribution is -0.384. The normalized spacial score (nSPS) is 11.8. The highest BCUT2D eigenvalue weighted by Crippen LogP contribution is 2.37. The van der Waals surface area contributed by atoms with E-state index in [1.807, 2.05) is 26.0 Å². The predicted molar refractivity (Wildman–Crippen MR) is 144 cm³/mol. The standard InChI is InChI=1S/C26H22Cl2N4O5S/c1-15(2)23-25(38-21-13-17(27)12-18(28)14-21)31-24(30-23)22(11-16-7-9-29-10-8-16)37-26(33)36-20-5-3-19(4-6-20)32(34)35/h3-10,12-15,22H,11H2,1-2H3,(H,30,31). The van der Waals surface area contributed by atoms with Crippen LogP contribution in [-0.4, -0.2) is 26.0 Å². The van der Waals surface area contributed by atoms with E-state index in [-0.39, 0.29) is 17.4 Å². The number of hydrogen-bond acceptors (Lipinski definition) is 8. The van der Waals surface area contributed by atoms with E-state index < -0.39 is 17.2 Å². The van der Waals surface area contributed by atoms with E-state index in [0.29, 0.717) is 22.3 Å². The summed E-state index contributed by atoms with van der Waals surface area (Å²) in [4.78, 5) is 36.0. The molecule has 1 N–H and O–H groups in total. The molecule has 196 valence electrons. The molecule has 0 spiro atoms. The van der Waals surface area contributed by atoms with Crippen molar-refractivity contribution >= 4 is 46.8 Å². The molecule has 1 atom stereocenters. The van der Waals surface area contributed by atoms with Crippen molar-refractivity contribution in [1.82, 2.24) is 15.0 Å². The Balaban J connectivity index is 1.61. The Kier molecular flexibility index (Phi) is 8.88. The second kappa shape index (κ2) is 12.3. The molecule has 0 aliphatic rings. The highest BCUT2D eigenvalue weighted by molar-refractivity contribution is 7.99. The van der Waals surface area contributed by atoms with Crippen LogP contribution in [0.4, 0.5) is 10.5 Å². The lowest BCUT2D eigenvalue weighted by Gasteiger charge is -2.16. The Morgan fingerprint density at radius 3 is 2.34 bits per heavy atom. The number of non-ortho nitro benzene ring substituents is 1. The molecule has 4 aromatic rings. The summed E-state index contributed by atoms with van der Waals surface area (Å²) >= 11 is 13.8. The van der Waals surface area contributed by atoms with E-state index in [2.05, 4.69) is 9.97 Å². The van der Waals surface area contributed by atoms with Gasteiger partial charge in [-0.3, -0.25) is 15.1 Å². The van der Waals surface area contributed by atoms with Crippen LogP contribution in [0, 0.1) is 10.1 Å². The van der Waals surface area contributed by atoms with Gasteiger partial charge in [0.2, 0.25) is 0 Å². The summed E-state index contributed by atoms with van der Waals surface area (Å²) in [5.41, 5.74) is 1.53. The molecule has 2 heterocycles. The van der Waals surface area contributed by atoms with Gasteiger partial charge in [-0.2, -0.15) is 0 Å². The molecule has 2 aromatic heterocycles. The summed E-state index contributed by atoms with van der Waals surface area (Å²) in [5.74, 6) is 0.604. The topological polar surface area (TPSA) is 120 Å². The maximum atomic E-state index is 12.7. The van der Waals surface area contributed by atoms with Gasteiger partial charge in [-0.15, -0.1) is 0 Å². The Morgan fingerprint density at radius 1 is 1.08 bits per heavy atom. The summed E-state index contributed by atoms with van der Waals surface area (Å²) in [7, 11) is 0. The van der Waals surface area contributed by atoms with Crippen LogP contribution in [0.5, 0.6) is 5.75 Å². The number of pyridine rings is 1. The number of nitrogens with one attached hydrogen (secondary N) is 1. The lowest BCUT2D eigenvalue weighted by atomic mass is 10.1. The molecule has 0 aliphatic heterocycles. The number of nitro benzene ring substituents is 1. The number of nitrogens with zero attached hydrogens (tertiary/aromatic N) is 3. The number of carbonyl (C=O) groups excluding carboxylic acids is 1. The molecule has 0 radical (unpaired) electrons. The van der Waals surface area contributed by atoms with Gasteiger partial charge >= 0.3 is 6.16 Å². The zero-order valence-corrected chi connectivity index (χ0v) is 22.6. The molecular weight excluding hydrogens is 551 g/mol. The average Bonchev–Trinajstić information content (AvgIpc) is 3.28.